The molecule has 8 nitrogen and oxygen atoms in total. The van der Waals surface area contributed by atoms with Gasteiger partial charge in [-0.3, -0.25) is 9.48 Å². The molecule has 3 heterocycles. The lowest BCUT2D eigenvalue weighted by atomic mass is 9.96. The van der Waals surface area contributed by atoms with Gasteiger partial charge in [0.05, 0.1) is 29.4 Å². The number of anilines is 1. The Kier molecular flexibility index (Phi) is 6.30. The summed E-state index contributed by atoms with van der Waals surface area (Å²) < 4.78 is 7.41. The summed E-state index contributed by atoms with van der Waals surface area (Å²) in [4.78, 5) is 26.7. The minimum absolute atomic E-state index is 0.0642. The van der Waals surface area contributed by atoms with Gasteiger partial charge in [-0.05, 0) is 51.8 Å². The summed E-state index contributed by atoms with van der Waals surface area (Å²) in [5, 5.41) is 5.38. The lowest BCUT2D eigenvalue weighted by Crippen LogP contribution is -2.44. The number of carbonyl (C=O) groups excluding carboxylic acids is 1. The Labute approximate surface area is 189 Å². The largest absolute Gasteiger partial charge is 0.494 e. The third-order valence-corrected chi connectivity index (χ3v) is 6.11. The van der Waals surface area contributed by atoms with Crippen molar-refractivity contribution in [1.82, 2.24) is 24.6 Å². The molecule has 32 heavy (non-hydrogen) atoms. The van der Waals surface area contributed by atoms with Gasteiger partial charge in [0.25, 0.3) is 0 Å². The van der Waals surface area contributed by atoms with Gasteiger partial charge in [0, 0.05) is 50.9 Å². The van der Waals surface area contributed by atoms with Crippen LogP contribution in [-0.2, 0) is 18.4 Å². The first kappa shape index (κ1) is 22.0. The zero-order valence-electron chi connectivity index (χ0n) is 19.6. The summed E-state index contributed by atoms with van der Waals surface area (Å²) in [6.45, 7) is 8.64. The molecule has 170 valence electrons. The molecule has 4 rings (SSSR count). The summed E-state index contributed by atoms with van der Waals surface area (Å²) in [5.41, 5.74) is 3.86. The van der Waals surface area contributed by atoms with Crippen LogP contribution in [0.1, 0.15) is 36.7 Å². The van der Waals surface area contributed by atoms with Crippen molar-refractivity contribution in [2.45, 2.75) is 40.2 Å². The van der Waals surface area contributed by atoms with Crippen molar-refractivity contribution >= 4 is 22.8 Å². The summed E-state index contributed by atoms with van der Waals surface area (Å²) in [7, 11) is 3.78. The first-order valence-electron chi connectivity index (χ1n) is 11.3. The zero-order valence-corrected chi connectivity index (χ0v) is 19.6. The van der Waals surface area contributed by atoms with Gasteiger partial charge in [-0.2, -0.15) is 5.10 Å². The smallest absolute Gasteiger partial charge is 0.227 e. The lowest BCUT2D eigenvalue weighted by molar-refractivity contribution is -0.135. The fourth-order valence-corrected chi connectivity index (χ4v) is 4.45. The quantitative estimate of drug-likeness (QED) is 0.590. The summed E-state index contributed by atoms with van der Waals surface area (Å²) in [6, 6.07) is 5.92. The highest BCUT2D eigenvalue weighted by Gasteiger charge is 2.29. The summed E-state index contributed by atoms with van der Waals surface area (Å²) >= 11 is 0. The highest BCUT2D eigenvalue weighted by atomic mass is 16.5. The molecule has 1 aliphatic heterocycles. The van der Waals surface area contributed by atoms with E-state index in [1.54, 1.807) is 4.68 Å². The molecule has 1 amide bonds. The van der Waals surface area contributed by atoms with E-state index in [2.05, 4.69) is 10.00 Å². The minimum atomic E-state index is -0.0642. The molecule has 2 aromatic heterocycles. The van der Waals surface area contributed by atoms with E-state index < -0.39 is 0 Å². The third kappa shape index (κ3) is 4.54. The van der Waals surface area contributed by atoms with Gasteiger partial charge in [-0.25, -0.2) is 9.97 Å². The van der Waals surface area contributed by atoms with Crippen LogP contribution in [0, 0.1) is 19.8 Å². The number of hydrogen-bond donors (Lipinski definition) is 0. The first-order chi connectivity index (χ1) is 15.4. The van der Waals surface area contributed by atoms with E-state index in [4.69, 9.17) is 14.7 Å². The molecule has 0 spiro atoms. The first-order valence-corrected chi connectivity index (χ1v) is 11.3. The van der Waals surface area contributed by atoms with Crippen molar-refractivity contribution in [2.24, 2.45) is 13.0 Å². The van der Waals surface area contributed by atoms with Gasteiger partial charge in [0.1, 0.15) is 5.75 Å². The van der Waals surface area contributed by atoms with Crippen molar-refractivity contribution in [3.8, 4) is 5.75 Å². The number of amides is 1. The monoisotopic (exact) mass is 436 g/mol. The molecule has 3 aromatic rings. The third-order valence-electron chi connectivity index (χ3n) is 6.11. The predicted octanol–water partition coefficient (Wildman–Crippen LogP) is 3.25. The predicted molar refractivity (Wildman–Crippen MR) is 125 cm³/mol. The highest BCUT2D eigenvalue weighted by molar-refractivity contribution is 5.83. The maximum absolute atomic E-state index is 13.2. The maximum Gasteiger partial charge on any atom is 0.227 e. The van der Waals surface area contributed by atoms with Crippen molar-refractivity contribution in [3.63, 3.8) is 0 Å². The van der Waals surface area contributed by atoms with E-state index in [-0.39, 0.29) is 11.8 Å². The van der Waals surface area contributed by atoms with Crippen LogP contribution in [0.25, 0.3) is 10.9 Å². The van der Waals surface area contributed by atoms with Gasteiger partial charge < -0.3 is 14.5 Å². The molecule has 1 saturated heterocycles. The van der Waals surface area contributed by atoms with Gasteiger partial charge in [-0.15, -0.1) is 0 Å². The van der Waals surface area contributed by atoms with E-state index in [1.165, 1.54) is 0 Å². The average Bonchev–Trinajstić information content (AvgIpc) is 3.10. The molecular formula is C24H32N6O2. The molecule has 0 aliphatic carbocycles. The number of aromatic nitrogens is 4. The standard InChI is InChI=1S/C24H32N6O2/c1-6-32-20-9-10-22-21(12-20)17(3)25-24(26-22)30-11-7-8-18(15-30)23(31)28(4)13-19-14-29(5)27-16(19)2/h9-10,12,14,18H,6-8,11,13,15H2,1-5H3. The molecule has 1 unspecified atom stereocenters. The summed E-state index contributed by atoms with van der Waals surface area (Å²) in [6.07, 6.45) is 3.81. The molecule has 0 N–H and O–H groups in total. The lowest BCUT2D eigenvalue weighted by Gasteiger charge is -2.34. The Bertz CT molecular complexity index is 1130. The van der Waals surface area contributed by atoms with E-state index in [9.17, 15) is 4.79 Å². The molecule has 0 saturated carbocycles. The van der Waals surface area contributed by atoms with E-state index in [0.717, 1.165) is 53.0 Å². The second-order valence-corrected chi connectivity index (χ2v) is 8.61. The van der Waals surface area contributed by atoms with E-state index >= 15 is 0 Å². The van der Waals surface area contributed by atoms with E-state index in [0.29, 0.717) is 25.6 Å². The number of piperidine rings is 1. The summed E-state index contributed by atoms with van der Waals surface area (Å²) in [5.74, 6) is 1.62. The van der Waals surface area contributed by atoms with Crippen LogP contribution in [0.2, 0.25) is 0 Å². The topological polar surface area (TPSA) is 76.4 Å². The van der Waals surface area contributed by atoms with Crippen LogP contribution in [0.4, 0.5) is 5.95 Å². The van der Waals surface area contributed by atoms with Crippen LogP contribution in [0.15, 0.2) is 24.4 Å². The Morgan fingerprint density at radius 3 is 2.78 bits per heavy atom. The Hall–Kier alpha value is -3.16. The van der Waals surface area contributed by atoms with Gasteiger partial charge in [0.15, 0.2) is 0 Å². The SMILES string of the molecule is CCOc1ccc2nc(N3CCCC(C(=O)N(C)Cc4cn(C)nc4C)C3)nc(C)c2c1. The fraction of sp³-hybridized carbons (Fsp3) is 0.500. The number of rotatable bonds is 6. The normalized spacial score (nSPS) is 16.4. The van der Waals surface area contributed by atoms with Gasteiger partial charge in [-0.1, -0.05) is 0 Å². The molecule has 1 atom stereocenters. The Morgan fingerprint density at radius 2 is 2.06 bits per heavy atom. The number of benzene rings is 1. The van der Waals surface area contributed by atoms with Crippen LogP contribution in [-0.4, -0.2) is 57.3 Å². The second-order valence-electron chi connectivity index (χ2n) is 8.61. The van der Waals surface area contributed by atoms with Crippen molar-refractivity contribution in [1.29, 1.82) is 0 Å². The van der Waals surface area contributed by atoms with Crippen molar-refractivity contribution < 1.29 is 9.53 Å². The molecule has 1 aromatic carbocycles. The van der Waals surface area contributed by atoms with Crippen LogP contribution in [0.3, 0.4) is 0 Å². The second kappa shape index (κ2) is 9.14. The molecule has 0 bridgehead atoms. The molecule has 1 fully saturated rings. The number of hydrogen-bond acceptors (Lipinski definition) is 6. The molecule has 1 aliphatic rings. The van der Waals surface area contributed by atoms with Crippen molar-refractivity contribution in [2.75, 3.05) is 31.6 Å². The molecular weight excluding hydrogens is 404 g/mol. The van der Waals surface area contributed by atoms with Crippen LogP contribution >= 0.6 is 0 Å². The Balaban J connectivity index is 1.49. The number of fused-ring (bicyclic) bond motifs is 1. The number of carbonyl (C=O) groups is 1. The van der Waals surface area contributed by atoms with Crippen LogP contribution in [0.5, 0.6) is 5.75 Å². The number of nitrogens with zero attached hydrogens (tertiary/aromatic N) is 6. The molecule has 0 radical (unpaired) electrons. The van der Waals surface area contributed by atoms with Gasteiger partial charge in [0.2, 0.25) is 11.9 Å². The minimum Gasteiger partial charge on any atom is -0.494 e. The number of ether oxygens (including phenoxy) is 1. The number of aryl methyl sites for hydroxylation is 3. The van der Waals surface area contributed by atoms with Crippen LogP contribution < -0.4 is 9.64 Å². The van der Waals surface area contributed by atoms with Crippen molar-refractivity contribution in [3.05, 3.63) is 41.3 Å². The maximum atomic E-state index is 13.2. The fourth-order valence-electron chi connectivity index (χ4n) is 4.45. The molecule has 8 heteroatoms. The Morgan fingerprint density at radius 1 is 1.25 bits per heavy atom. The van der Waals surface area contributed by atoms with E-state index in [1.807, 2.05) is 64.2 Å². The zero-order chi connectivity index (χ0) is 22.8. The average molecular weight is 437 g/mol. The van der Waals surface area contributed by atoms with Gasteiger partial charge >= 0.3 is 0 Å². The highest BCUT2D eigenvalue weighted by Crippen LogP contribution is 2.27.